The fraction of sp³-hybridized carbons (Fsp3) is 1.00. The first kappa shape index (κ1) is 6.55. The van der Waals surface area contributed by atoms with Gasteiger partial charge in [0.1, 0.15) is 0 Å². The molecular formula is C7H15P. The highest BCUT2D eigenvalue weighted by molar-refractivity contribution is 7.40. The van der Waals surface area contributed by atoms with Crippen LogP contribution in [0.25, 0.3) is 0 Å². The molecule has 8 heavy (non-hydrogen) atoms. The second kappa shape index (κ2) is 2.35. The van der Waals surface area contributed by atoms with Crippen molar-refractivity contribution in [3.8, 4) is 0 Å². The Morgan fingerprint density at radius 1 is 1.25 bits per heavy atom. The van der Waals surface area contributed by atoms with E-state index in [-0.39, 0.29) is 0 Å². The lowest BCUT2D eigenvalue weighted by Gasteiger charge is -2.28. The van der Waals surface area contributed by atoms with Crippen LogP contribution in [0.4, 0.5) is 0 Å². The summed E-state index contributed by atoms with van der Waals surface area (Å²) in [7, 11) is 1.23. The van der Waals surface area contributed by atoms with E-state index >= 15 is 0 Å². The van der Waals surface area contributed by atoms with Crippen LogP contribution in [0.3, 0.4) is 0 Å². The summed E-state index contributed by atoms with van der Waals surface area (Å²) < 4.78 is 0. The molecule has 0 N–H and O–H groups in total. The van der Waals surface area contributed by atoms with Crippen molar-refractivity contribution in [3.63, 3.8) is 0 Å². The topological polar surface area (TPSA) is 0 Å². The summed E-state index contributed by atoms with van der Waals surface area (Å²) >= 11 is 0. The maximum absolute atomic E-state index is 2.39. The summed E-state index contributed by atoms with van der Waals surface area (Å²) in [5.41, 5.74) is 0. The third-order valence-electron chi connectivity index (χ3n) is 1.83. The number of hydrogen-bond donors (Lipinski definition) is 0. The summed E-state index contributed by atoms with van der Waals surface area (Å²) in [5.74, 6) is 0. The zero-order valence-corrected chi connectivity index (χ0v) is 6.83. The van der Waals surface area contributed by atoms with E-state index in [0.29, 0.717) is 5.16 Å². The molecule has 1 saturated heterocycles. The first-order chi connectivity index (χ1) is 3.71. The Balaban J connectivity index is 2.33. The highest BCUT2D eigenvalue weighted by atomic mass is 31.1. The van der Waals surface area contributed by atoms with Gasteiger partial charge in [-0.1, -0.05) is 20.3 Å². The van der Waals surface area contributed by atoms with Gasteiger partial charge in [-0.15, -0.1) is 8.58 Å². The molecule has 48 valence electrons. The highest BCUT2D eigenvalue weighted by Gasteiger charge is 2.19. The minimum Gasteiger partial charge on any atom is -0.116 e. The molecular weight excluding hydrogens is 115 g/mol. The van der Waals surface area contributed by atoms with Gasteiger partial charge in [-0.3, -0.25) is 0 Å². The second-order valence-electron chi connectivity index (χ2n) is 3.27. The van der Waals surface area contributed by atoms with Gasteiger partial charge in [0.15, 0.2) is 0 Å². The molecule has 0 saturated carbocycles. The highest BCUT2D eigenvalue weighted by Crippen LogP contribution is 2.40. The van der Waals surface area contributed by atoms with E-state index < -0.39 is 0 Å². The molecule has 0 aromatic heterocycles. The van der Waals surface area contributed by atoms with E-state index in [1.807, 2.05) is 0 Å². The van der Waals surface area contributed by atoms with Crippen molar-refractivity contribution in [2.75, 3.05) is 6.16 Å². The average Bonchev–Trinajstić information content (AvgIpc) is 1.65. The molecule has 1 aliphatic rings. The Bertz CT molecular complexity index is 68.5. The monoisotopic (exact) mass is 130 g/mol. The Morgan fingerprint density at radius 2 is 2.00 bits per heavy atom. The molecule has 0 amide bonds. The van der Waals surface area contributed by atoms with Crippen molar-refractivity contribution in [2.45, 2.75) is 38.3 Å². The van der Waals surface area contributed by atoms with Crippen LogP contribution in [0.5, 0.6) is 0 Å². The molecule has 1 aliphatic heterocycles. The molecule has 1 heterocycles. The minimum atomic E-state index is 0.707. The van der Waals surface area contributed by atoms with Gasteiger partial charge >= 0.3 is 0 Å². The zero-order valence-electron chi connectivity index (χ0n) is 5.83. The van der Waals surface area contributed by atoms with Crippen LogP contribution in [0.15, 0.2) is 0 Å². The molecule has 0 spiro atoms. The summed E-state index contributed by atoms with van der Waals surface area (Å²) in [4.78, 5) is 0. The maximum Gasteiger partial charge on any atom is -0.0179 e. The Labute approximate surface area is 53.8 Å². The third-order valence-corrected chi connectivity index (χ3v) is 3.64. The van der Waals surface area contributed by atoms with Crippen LogP contribution < -0.4 is 0 Å². The fourth-order valence-corrected chi connectivity index (χ4v) is 2.66. The molecule has 0 aliphatic carbocycles. The Kier molecular flexibility index (Phi) is 1.92. The summed E-state index contributed by atoms with van der Waals surface area (Å²) in [6.45, 7) is 4.79. The fourth-order valence-electron chi connectivity index (χ4n) is 1.21. The predicted molar refractivity (Wildman–Crippen MR) is 41.1 cm³/mol. The lowest BCUT2D eigenvalue weighted by molar-refractivity contribution is 0.566. The molecule has 1 heteroatoms. The van der Waals surface area contributed by atoms with E-state index in [2.05, 4.69) is 13.8 Å². The number of hydrogen-bond acceptors (Lipinski definition) is 0. The van der Waals surface area contributed by atoms with Crippen LogP contribution in [0.1, 0.15) is 33.1 Å². The van der Waals surface area contributed by atoms with Crippen molar-refractivity contribution < 1.29 is 0 Å². The van der Waals surface area contributed by atoms with Gasteiger partial charge in [-0.05, 0) is 24.2 Å². The summed E-state index contributed by atoms with van der Waals surface area (Å²) in [6.07, 6.45) is 5.92. The van der Waals surface area contributed by atoms with Gasteiger partial charge in [-0.2, -0.15) is 0 Å². The standard InChI is InChI=1S/C7H15P/c1-7(2)5-3-4-6-8-7/h8H,3-6H2,1-2H3. The van der Waals surface area contributed by atoms with Gasteiger partial charge in [0, 0.05) is 0 Å². The molecule has 0 nitrogen and oxygen atoms in total. The van der Waals surface area contributed by atoms with Crippen LogP contribution in [0, 0.1) is 0 Å². The first-order valence-electron chi connectivity index (χ1n) is 3.46. The molecule has 1 unspecified atom stereocenters. The smallest absolute Gasteiger partial charge is 0.0179 e. The van der Waals surface area contributed by atoms with Crippen molar-refractivity contribution >= 4 is 8.58 Å². The molecule has 0 aromatic carbocycles. The molecule has 1 fully saturated rings. The van der Waals surface area contributed by atoms with Crippen molar-refractivity contribution in [1.82, 2.24) is 0 Å². The zero-order chi connectivity index (χ0) is 6.04. The van der Waals surface area contributed by atoms with Gasteiger partial charge in [0.05, 0.1) is 0 Å². The molecule has 0 aromatic rings. The van der Waals surface area contributed by atoms with Gasteiger partial charge in [0.25, 0.3) is 0 Å². The van der Waals surface area contributed by atoms with Crippen LogP contribution >= 0.6 is 8.58 Å². The Morgan fingerprint density at radius 3 is 2.25 bits per heavy atom. The van der Waals surface area contributed by atoms with E-state index in [1.54, 1.807) is 0 Å². The molecule has 0 bridgehead atoms. The van der Waals surface area contributed by atoms with E-state index in [1.165, 1.54) is 34.0 Å². The summed E-state index contributed by atoms with van der Waals surface area (Å²) in [6, 6.07) is 0. The van der Waals surface area contributed by atoms with Crippen LogP contribution in [0.2, 0.25) is 0 Å². The van der Waals surface area contributed by atoms with E-state index in [0.717, 1.165) is 0 Å². The third kappa shape index (κ3) is 1.74. The van der Waals surface area contributed by atoms with Crippen LogP contribution in [-0.4, -0.2) is 11.3 Å². The maximum atomic E-state index is 2.39. The molecule has 1 rings (SSSR count). The lowest BCUT2D eigenvalue weighted by Crippen LogP contribution is -2.16. The van der Waals surface area contributed by atoms with Gasteiger partial charge in [0.2, 0.25) is 0 Å². The van der Waals surface area contributed by atoms with Gasteiger partial charge in [-0.25, -0.2) is 0 Å². The number of rotatable bonds is 0. The SMILES string of the molecule is CC1(C)CCCCP1. The lowest BCUT2D eigenvalue weighted by atomic mass is 10.1. The summed E-state index contributed by atoms with van der Waals surface area (Å²) in [5, 5.41) is 0.707. The largest absolute Gasteiger partial charge is 0.116 e. The second-order valence-corrected chi connectivity index (χ2v) is 5.47. The average molecular weight is 130 g/mol. The molecule has 1 atom stereocenters. The Hall–Kier alpha value is 0.430. The minimum absolute atomic E-state index is 0.707. The van der Waals surface area contributed by atoms with Gasteiger partial charge < -0.3 is 0 Å². The van der Waals surface area contributed by atoms with Crippen LogP contribution in [-0.2, 0) is 0 Å². The molecule has 0 radical (unpaired) electrons. The van der Waals surface area contributed by atoms with Crippen molar-refractivity contribution in [2.24, 2.45) is 0 Å². The van der Waals surface area contributed by atoms with E-state index in [9.17, 15) is 0 Å². The van der Waals surface area contributed by atoms with E-state index in [4.69, 9.17) is 0 Å². The predicted octanol–water partition coefficient (Wildman–Crippen LogP) is 2.63. The first-order valence-corrected chi connectivity index (χ1v) is 4.66. The quantitative estimate of drug-likeness (QED) is 0.442. The van der Waals surface area contributed by atoms with Crippen molar-refractivity contribution in [3.05, 3.63) is 0 Å². The van der Waals surface area contributed by atoms with Crippen molar-refractivity contribution in [1.29, 1.82) is 0 Å². The normalized spacial score (nSPS) is 30.8.